The van der Waals surface area contributed by atoms with Crippen molar-refractivity contribution >= 4 is 0 Å². The van der Waals surface area contributed by atoms with Crippen LogP contribution in [0, 0.1) is 12.3 Å². The van der Waals surface area contributed by atoms with E-state index in [0.29, 0.717) is 0 Å². The van der Waals surface area contributed by atoms with E-state index in [1.807, 2.05) is 13.8 Å². The van der Waals surface area contributed by atoms with E-state index in [-0.39, 0.29) is 18.6 Å². The van der Waals surface area contributed by atoms with Crippen molar-refractivity contribution in [3.8, 4) is 0 Å². The first-order valence-corrected chi connectivity index (χ1v) is 4.31. The molecule has 1 rings (SSSR count). The average molecular weight is 193 g/mol. The zero-order valence-electron chi connectivity index (χ0n) is 8.17. The zero-order chi connectivity index (χ0) is 7.98. The fourth-order valence-corrected chi connectivity index (χ4v) is 1.24. The first-order valence-electron chi connectivity index (χ1n) is 4.31. The third-order valence-corrected chi connectivity index (χ3v) is 1.68. The predicted octanol–water partition coefficient (Wildman–Crippen LogP) is 2.19. The molecule has 0 N–H and O–H groups in total. The Morgan fingerprint density at radius 1 is 1.36 bits per heavy atom. The molecule has 0 saturated carbocycles. The van der Waals surface area contributed by atoms with E-state index in [4.69, 9.17) is 0 Å². The van der Waals surface area contributed by atoms with Crippen LogP contribution in [0.4, 0.5) is 0 Å². The van der Waals surface area contributed by atoms with Crippen molar-refractivity contribution in [1.82, 2.24) is 4.90 Å². The Labute approximate surface area is 83.4 Å². The summed E-state index contributed by atoms with van der Waals surface area (Å²) in [7, 11) is 2.18. The molecule has 1 unspecified atom stereocenters. The SMILES string of the molecule is CC.CC1[CH-]CCN(C)C1.[V]. The van der Waals surface area contributed by atoms with Crippen molar-refractivity contribution < 1.29 is 18.6 Å². The minimum absolute atomic E-state index is 0. The molecule has 1 aliphatic heterocycles. The van der Waals surface area contributed by atoms with Crippen molar-refractivity contribution in [1.29, 1.82) is 0 Å². The monoisotopic (exact) mass is 193 g/mol. The fourth-order valence-electron chi connectivity index (χ4n) is 1.24. The Hall–Kier alpha value is 0.544. The molecule has 0 aromatic heterocycles. The van der Waals surface area contributed by atoms with Crippen molar-refractivity contribution in [2.45, 2.75) is 27.2 Å². The fraction of sp³-hybridized carbons (Fsp3) is 0.889. The van der Waals surface area contributed by atoms with Gasteiger partial charge in [0.1, 0.15) is 0 Å². The van der Waals surface area contributed by atoms with Gasteiger partial charge in [-0.05, 0) is 20.1 Å². The molecule has 1 radical (unpaired) electrons. The van der Waals surface area contributed by atoms with E-state index >= 15 is 0 Å². The van der Waals surface area contributed by atoms with E-state index in [2.05, 4.69) is 25.3 Å². The largest absolute Gasteiger partial charge is 0.323 e. The molecule has 0 spiro atoms. The van der Waals surface area contributed by atoms with Crippen LogP contribution in [0.2, 0.25) is 0 Å². The summed E-state index contributed by atoms with van der Waals surface area (Å²) in [6, 6.07) is 0. The molecule has 0 bridgehead atoms. The molecule has 1 atom stereocenters. The van der Waals surface area contributed by atoms with Crippen LogP contribution in [0.15, 0.2) is 0 Å². The molecular formula is C9H20NV-. The van der Waals surface area contributed by atoms with Gasteiger partial charge in [0.15, 0.2) is 0 Å². The van der Waals surface area contributed by atoms with Crippen LogP contribution >= 0.6 is 0 Å². The van der Waals surface area contributed by atoms with Crippen LogP contribution in [0.1, 0.15) is 27.2 Å². The van der Waals surface area contributed by atoms with Gasteiger partial charge in [0.05, 0.1) is 0 Å². The summed E-state index contributed by atoms with van der Waals surface area (Å²) in [4.78, 5) is 2.38. The van der Waals surface area contributed by atoms with Gasteiger partial charge >= 0.3 is 0 Å². The standard InChI is InChI=1S/C7H14N.C2H6.V/c1-7-4-3-5-8(2)6-7;1-2;/h4,7H,3,5-6H2,1-2H3;1-2H3;/q-1;;. The van der Waals surface area contributed by atoms with Crippen molar-refractivity contribution in [2.75, 3.05) is 20.1 Å². The van der Waals surface area contributed by atoms with Gasteiger partial charge < -0.3 is 11.3 Å². The van der Waals surface area contributed by atoms with Gasteiger partial charge in [0, 0.05) is 18.6 Å². The van der Waals surface area contributed by atoms with E-state index in [9.17, 15) is 0 Å². The second-order valence-corrected chi connectivity index (χ2v) is 2.76. The number of rotatable bonds is 0. The van der Waals surface area contributed by atoms with E-state index in [1.165, 1.54) is 19.5 Å². The van der Waals surface area contributed by atoms with E-state index in [1.54, 1.807) is 0 Å². The van der Waals surface area contributed by atoms with E-state index in [0.717, 1.165) is 5.92 Å². The normalized spacial score (nSPS) is 24.5. The summed E-state index contributed by atoms with van der Waals surface area (Å²) >= 11 is 0. The molecule has 1 nitrogen and oxygen atoms in total. The number of nitrogens with zero attached hydrogens (tertiary/aromatic N) is 1. The molecule has 1 aliphatic rings. The molecule has 0 amide bonds. The Morgan fingerprint density at radius 3 is 2.18 bits per heavy atom. The van der Waals surface area contributed by atoms with Crippen molar-refractivity contribution in [3.05, 3.63) is 6.42 Å². The Morgan fingerprint density at radius 2 is 1.91 bits per heavy atom. The maximum atomic E-state index is 2.40. The summed E-state index contributed by atoms with van der Waals surface area (Å²) in [6.07, 6.45) is 3.68. The molecular weight excluding hydrogens is 173 g/mol. The molecule has 1 saturated heterocycles. The first kappa shape index (κ1) is 14.1. The topological polar surface area (TPSA) is 3.24 Å². The van der Waals surface area contributed by atoms with Crippen molar-refractivity contribution in [3.63, 3.8) is 0 Å². The van der Waals surface area contributed by atoms with Crippen LogP contribution in [0.5, 0.6) is 0 Å². The second kappa shape index (κ2) is 8.64. The molecule has 1 heterocycles. The van der Waals surface area contributed by atoms with Crippen molar-refractivity contribution in [2.24, 2.45) is 5.92 Å². The summed E-state index contributed by atoms with van der Waals surface area (Å²) in [6.45, 7) is 8.78. The summed E-state index contributed by atoms with van der Waals surface area (Å²) in [5.41, 5.74) is 0. The number of piperidine rings is 1. The van der Waals surface area contributed by atoms with Gasteiger partial charge in [-0.15, -0.1) is 0 Å². The van der Waals surface area contributed by atoms with Gasteiger partial charge in [-0.1, -0.05) is 20.8 Å². The number of likely N-dealkylation sites (tertiary alicyclic amines) is 1. The van der Waals surface area contributed by atoms with Gasteiger partial charge in [0.25, 0.3) is 0 Å². The summed E-state index contributed by atoms with van der Waals surface area (Å²) < 4.78 is 0. The van der Waals surface area contributed by atoms with Crippen LogP contribution in [-0.2, 0) is 18.6 Å². The predicted molar refractivity (Wildman–Crippen MR) is 46.9 cm³/mol. The molecule has 11 heavy (non-hydrogen) atoms. The van der Waals surface area contributed by atoms with Gasteiger partial charge in [0.2, 0.25) is 0 Å². The number of hydrogen-bond acceptors (Lipinski definition) is 1. The molecule has 0 aromatic carbocycles. The van der Waals surface area contributed by atoms with Gasteiger partial charge in [-0.2, -0.15) is 12.3 Å². The second-order valence-electron chi connectivity index (χ2n) is 2.76. The smallest absolute Gasteiger partial charge is 0 e. The number of hydrogen-bond donors (Lipinski definition) is 0. The Bertz CT molecular complexity index is 68.0. The minimum atomic E-state index is 0. The maximum Gasteiger partial charge on any atom is 0 e. The summed E-state index contributed by atoms with van der Waals surface area (Å²) in [5.74, 6) is 0.814. The third kappa shape index (κ3) is 6.92. The molecule has 2 heteroatoms. The Kier molecular flexibility index (Phi) is 11.1. The average Bonchev–Trinajstić information content (AvgIpc) is 1.91. The summed E-state index contributed by atoms with van der Waals surface area (Å²) in [5, 5.41) is 0. The maximum absolute atomic E-state index is 2.40. The molecule has 0 aliphatic carbocycles. The Balaban J connectivity index is 0. The molecule has 67 valence electrons. The zero-order valence-corrected chi connectivity index (χ0v) is 9.57. The molecule has 0 aromatic rings. The van der Waals surface area contributed by atoms with Gasteiger partial charge in [-0.25, -0.2) is 0 Å². The van der Waals surface area contributed by atoms with Crippen LogP contribution in [0.3, 0.4) is 0 Å². The minimum Gasteiger partial charge on any atom is -0.323 e. The van der Waals surface area contributed by atoms with Crippen LogP contribution in [0.25, 0.3) is 0 Å². The molecule has 1 fully saturated rings. The third-order valence-electron chi connectivity index (χ3n) is 1.68. The quantitative estimate of drug-likeness (QED) is 0.533. The van der Waals surface area contributed by atoms with Crippen LogP contribution in [-0.4, -0.2) is 25.0 Å². The first-order chi connectivity index (χ1) is 4.79. The van der Waals surface area contributed by atoms with Crippen LogP contribution < -0.4 is 0 Å². The van der Waals surface area contributed by atoms with Gasteiger partial charge in [-0.3, -0.25) is 0 Å². The van der Waals surface area contributed by atoms with E-state index < -0.39 is 0 Å².